The number of nitrogens with one attached hydrogen (secondary N) is 1. The molecular weight excluding hydrogens is 326 g/mol. The van der Waals surface area contributed by atoms with Crippen molar-refractivity contribution in [2.45, 2.75) is 19.4 Å². The zero-order chi connectivity index (χ0) is 18.4. The molecule has 0 aliphatic carbocycles. The van der Waals surface area contributed by atoms with E-state index in [1.54, 1.807) is 25.1 Å². The van der Waals surface area contributed by atoms with Crippen molar-refractivity contribution in [3.8, 4) is 11.5 Å². The molecule has 0 saturated carbocycles. The fourth-order valence-electron chi connectivity index (χ4n) is 2.37. The van der Waals surface area contributed by atoms with Gasteiger partial charge in [-0.25, -0.2) is 9.97 Å². The van der Waals surface area contributed by atoms with Gasteiger partial charge in [0, 0.05) is 17.8 Å². The molecular formula is C17H19N3O5. The minimum Gasteiger partial charge on any atom is -0.497 e. The Hall–Kier alpha value is -3.16. The van der Waals surface area contributed by atoms with Gasteiger partial charge >= 0.3 is 5.97 Å². The van der Waals surface area contributed by atoms with E-state index in [-0.39, 0.29) is 12.0 Å². The number of aliphatic carboxylic acids is 1. The van der Waals surface area contributed by atoms with E-state index < -0.39 is 17.9 Å². The lowest BCUT2D eigenvalue weighted by molar-refractivity contribution is -0.137. The van der Waals surface area contributed by atoms with E-state index in [0.717, 1.165) is 0 Å². The number of aromatic nitrogens is 2. The summed E-state index contributed by atoms with van der Waals surface area (Å²) in [6.07, 6.45) is 2.43. The zero-order valence-corrected chi connectivity index (χ0v) is 14.1. The summed E-state index contributed by atoms with van der Waals surface area (Å²) < 4.78 is 10.5. The monoisotopic (exact) mass is 345 g/mol. The molecule has 1 aromatic heterocycles. The second kappa shape index (κ2) is 8.09. The lowest BCUT2D eigenvalue weighted by Gasteiger charge is -2.20. The molecule has 2 rings (SSSR count). The van der Waals surface area contributed by atoms with Crippen LogP contribution >= 0.6 is 0 Å². The fraction of sp³-hybridized carbons (Fsp3) is 0.294. The summed E-state index contributed by atoms with van der Waals surface area (Å²) in [4.78, 5) is 31.6. The van der Waals surface area contributed by atoms with Crippen LogP contribution in [0, 0.1) is 6.92 Å². The molecule has 1 amide bonds. The van der Waals surface area contributed by atoms with Crippen molar-refractivity contribution < 1.29 is 24.2 Å². The number of ether oxygens (including phenoxy) is 2. The predicted octanol–water partition coefficient (Wildman–Crippen LogP) is 1.75. The van der Waals surface area contributed by atoms with Crippen LogP contribution in [0.3, 0.4) is 0 Å². The SMILES string of the molecule is COc1ccc(C(CC(=O)O)NC(=O)c2cncnc2C)c(OC)c1. The third-order valence-electron chi connectivity index (χ3n) is 3.66. The average molecular weight is 345 g/mol. The molecule has 0 radical (unpaired) electrons. The lowest BCUT2D eigenvalue weighted by atomic mass is 10.0. The standard InChI is InChI=1S/C17H19N3O5/c1-10-13(8-18-9-19-10)17(23)20-14(7-16(21)22)12-5-4-11(24-2)6-15(12)25-3/h4-6,8-9,14H,7H2,1-3H3,(H,20,23)(H,21,22). The largest absolute Gasteiger partial charge is 0.497 e. The number of hydrogen-bond acceptors (Lipinski definition) is 6. The first-order valence-electron chi connectivity index (χ1n) is 7.47. The molecule has 1 atom stereocenters. The highest BCUT2D eigenvalue weighted by Crippen LogP contribution is 2.31. The van der Waals surface area contributed by atoms with Gasteiger partial charge < -0.3 is 19.9 Å². The molecule has 8 nitrogen and oxygen atoms in total. The molecule has 8 heteroatoms. The van der Waals surface area contributed by atoms with Crippen LogP contribution in [0.25, 0.3) is 0 Å². The summed E-state index contributed by atoms with van der Waals surface area (Å²) in [5.41, 5.74) is 1.32. The highest BCUT2D eigenvalue weighted by atomic mass is 16.5. The van der Waals surface area contributed by atoms with Crippen molar-refractivity contribution in [2.24, 2.45) is 0 Å². The Morgan fingerprint density at radius 2 is 2.04 bits per heavy atom. The van der Waals surface area contributed by atoms with Gasteiger partial charge in [-0.1, -0.05) is 0 Å². The molecule has 0 fully saturated rings. The van der Waals surface area contributed by atoms with Gasteiger partial charge in [0.2, 0.25) is 0 Å². The van der Waals surface area contributed by atoms with E-state index in [0.29, 0.717) is 22.8 Å². The minimum absolute atomic E-state index is 0.283. The van der Waals surface area contributed by atoms with Gasteiger partial charge in [-0.2, -0.15) is 0 Å². The Bertz CT molecular complexity index is 779. The van der Waals surface area contributed by atoms with Crippen LogP contribution in [0.5, 0.6) is 11.5 Å². The molecule has 132 valence electrons. The minimum atomic E-state index is -1.05. The number of methoxy groups -OCH3 is 2. The van der Waals surface area contributed by atoms with Gasteiger partial charge in [0.15, 0.2) is 0 Å². The number of rotatable bonds is 7. The number of hydrogen-bond donors (Lipinski definition) is 2. The summed E-state index contributed by atoms with van der Waals surface area (Å²) in [5.74, 6) is -0.522. The van der Waals surface area contributed by atoms with Crippen LogP contribution in [0.4, 0.5) is 0 Å². The maximum absolute atomic E-state index is 12.5. The van der Waals surface area contributed by atoms with Crippen LogP contribution < -0.4 is 14.8 Å². The number of amides is 1. The van der Waals surface area contributed by atoms with E-state index in [4.69, 9.17) is 9.47 Å². The Balaban J connectivity index is 2.35. The summed E-state index contributed by atoms with van der Waals surface area (Å²) in [6, 6.07) is 4.19. The maximum Gasteiger partial charge on any atom is 0.305 e. The topological polar surface area (TPSA) is 111 Å². The molecule has 0 spiro atoms. The van der Waals surface area contributed by atoms with Crippen molar-refractivity contribution in [3.05, 3.63) is 47.5 Å². The molecule has 1 unspecified atom stereocenters. The molecule has 0 aliphatic rings. The predicted molar refractivity (Wildman–Crippen MR) is 88.8 cm³/mol. The van der Waals surface area contributed by atoms with E-state index in [2.05, 4.69) is 15.3 Å². The van der Waals surface area contributed by atoms with Crippen molar-refractivity contribution in [1.29, 1.82) is 0 Å². The molecule has 0 bridgehead atoms. The van der Waals surface area contributed by atoms with Crippen LogP contribution in [0.1, 0.15) is 34.1 Å². The second-order valence-electron chi connectivity index (χ2n) is 5.25. The second-order valence-corrected chi connectivity index (χ2v) is 5.25. The number of aryl methyl sites for hydroxylation is 1. The van der Waals surface area contributed by atoms with E-state index in [9.17, 15) is 14.7 Å². The Labute approximate surface area is 144 Å². The smallest absolute Gasteiger partial charge is 0.305 e. The highest BCUT2D eigenvalue weighted by Gasteiger charge is 2.23. The quantitative estimate of drug-likeness (QED) is 0.786. The van der Waals surface area contributed by atoms with Crippen LogP contribution in [-0.2, 0) is 4.79 Å². The first kappa shape index (κ1) is 18.2. The maximum atomic E-state index is 12.5. The van der Waals surface area contributed by atoms with Gasteiger partial charge in [-0.05, 0) is 19.1 Å². The normalized spacial score (nSPS) is 11.5. The number of carbonyl (C=O) groups is 2. The summed E-state index contributed by atoms with van der Waals surface area (Å²) in [5, 5.41) is 11.9. The van der Waals surface area contributed by atoms with Crippen molar-refractivity contribution >= 4 is 11.9 Å². The molecule has 0 saturated heterocycles. The molecule has 1 heterocycles. The van der Waals surface area contributed by atoms with Gasteiger partial charge in [-0.3, -0.25) is 9.59 Å². The van der Waals surface area contributed by atoms with E-state index in [1.165, 1.54) is 26.7 Å². The third-order valence-corrected chi connectivity index (χ3v) is 3.66. The number of nitrogens with zero attached hydrogens (tertiary/aromatic N) is 2. The molecule has 25 heavy (non-hydrogen) atoms. The number of carboxylic acid groups (broad SMARTS) is 1. The van der Waals surface area contributed by atoms with E-state index >= 15 is 0 Å². The van der Waals surface area contributed by atoms with Crippen molar-refractivity contribution in [2.75, 3.05) is 14.2 Å². The summed E-state index contributed by atoms with van der Waals surface area (Å²) >= 11 is 0. The third kappa shape index (κ3) is 4.43. The van der Waals surface area contributed by atoms with Gasteiger partial charge in [0.25, 0.3) is 5.91 Å². The molecule has 2 aromatic rings. The molecule has 2 N–H and O–H groups in total. The fourth-order valence-corrected chi connectivity index (χ4v) is 2.37. The van der Waals surface area contributed by atoms with E-state index in [1.807, 2.05) is 0 Å². The summed E-state index contributed by atoms with van der Waals surface area (Å²) in [7, 11) is 2.98. The Morgan fingerprint density at radius 3 is 2.64 bits per heavy atom. The number of benzene rings is 1. The highest BCUT2D eigenvalue weighted by molar-refractivity contribution is 5.95. The van der Waals surface area contributed by atoms with Crippen LogP contribution in [-0.4, -0.2) is 41.2 Å². The van der Waals surface area contributed by atoms with Crippen LogP contribution in [0.2, 0.25) is 0 Å². The first-order valence-corrected chi connectivity index (χ1v) is 7.47. The molecule has 0 aliphatic heterocycles. The zero-order valence-electron chi connectivity index (χ0n) is 14.1. The summed E-state index contributed by atoms with van der Waals surface area (Å²) in [6.45, 7) is 1.68. The van der Waals surface area contributed by atoms with Crippen molar-refractivity contribution in [1.82, 2.24) is 15.3 Å². The van der Waals surface area contributed by atoms with Crippen molar-refractivity contribution in [3.63, 3.8) is 0 Å². The molecule has 1 aromatic carbocycles. The number of carbonyl (C=O) groups excluding carboxylic acids is 1. The average Bonchev–Trinajstić information content (AvgIpc) is 2.60. The lowest BCUT2D eigenvalue weighted by Crippen LogP contribution is -2.31. The number of carboxylic acids is 1. The first-order chi connectivity index (χ1) is 12.0. The van der Waals surface area contributed by atoms with Crippen LogP contribution in [0.15, 0.2) is 30.7 Å². The van der Waals surface area contributed by atoms with Gasteiger partial charge in [-0.15, -0.1) is 0 Å². The van der Waals surface area contributed by atoms with Gasteiger partial charge in [0.05, 0.1) is 37.9 Å². The van der Waals surface area contributed by atoms with Gasteiger partial charge in [0.1, 0.15) is 17.8 Å². The Kier molecular flexibility index (Phi) is 5.89. The Morgan fingerprint density at radius 1 is 1.28 bits per heavy atom.